The van der Waals surface area contributed by atoms with Gasteiger partial charge in [-0.05, 0) is 86.8 Å². The molecule has 1 saturated heterocycles. The van der Waals surface area contributed by atoms with Gasteiger partial charge in [0, 0.05) is 5.56 Å². The Kier molecular flexibility index (Phi) is 3.16. The number of rotatable bonds is 1. The molecule has 5 aliphatic rings. The van der Waals surface area contributed by atoms with Gasteiger partial charge in [0.25, 0.3) is 0 Å². The van der Waals surface area contributed by atoms with E-state index in [4.69, 9.17) is 9.15 Å². The lowest BCUT2D eigenvalue weighted by atomic mass is 9.53. The Balaban J connectivity index is 1.68. The molecule has 4 nitrogen and oxygen atoms in total. The molecule has 0 unspecified atom stereocenters. The first kappa shape index (κ1) is 15.2. The number of carbonyl (C=O) groups excluding carboxylic acids is 2. The Bertz CT molecular complexity index is 821. The normalized spacial score (nSPS) is 35.6. The quantitative estimate of drug-likeness (QED) is 0.437. The number of cyclic esters (lactones) is 2. The van der Waals surface area contributed by atoms with Crippen LogP contribution in [0.3, 0.4) is 0 Å². The van der Waals surface area contributed by atoms with Gasteiger partial charge in [-0.1, -0.05) is 0 Å². The molecule has 4 saturated carbocycles. The fourth-order valence-electron chi connectivity index (χ4n) is 5.88. The Hall–Kier alpha value is -2.10. The van der Waals surface area contributed by atoms with Gasteiger partial charge >= 0.3 is 11.9 Å². The van der Waals surface area contributed by atoms with Crippen molar-refractivity contribution < 1.29 is 18.7 Å². The standard InChI is InChI=1S/C21H22O4/c1-10-3-16(9-24-10)11(2)17-19(21(23)25-20(17)22)18-14-5-12-4-13(7-14)8-15(18)6-12/h3,9,12-15H,4-8H2,1-2H3/b17-11+,19-18?. The maximum atomic E-state index is 12.6. The summed E-state index contributed by atoms with van der Waals surface area (Å²) in [6.45, 7) is 3.76. The Morgan fingerprint density at radius 3 is 2.20 bits per heavy atom. The smallest absolute Gasteiger partial charge is 0.347 e. The Morgan fingerprint density at radius 2 is 1.64 bits per heavy atom. The topological polar surface area (TPSA) is 56.5 Å². The fourth-order valence-corrected chi connectivity index (χ4v) is 5.88. The van der Waals surface area contributed by atoms with Gasteiger partial charge in [0.2, 0.25) is 0 Å². The van der Waals surface area contributed by atoms with E-state index in [2.05, 4.69) is 0 Å². The molecule has 4 heteroatoms. The number of furan rings is 1. The first-order valence-corrected chi connectivity index (χ1v) is 9.28. The van der Waals surface area contributed by atoms with Crippen molar-refractivity contribution in [3.05, 3.63) is 40.4 Å². The highest BCUT2D eigenvalue weighted by molar-refractivity contribution is 6.22. The van der Waals surface area contributed by atoms with Crippen molar-refractivity contribution in [3.8, 4) is 0 Å². The molecule has 0 aromatic carbocycles. The lowest BCUT2D eigenvalue weighted by Crippen LogP contribution is -2.41. The van der Waals surface area contributed by atoms with Crippen molar-refractivity contribution in [2.24, 2.45) is 23.7 Å². The number of hydrogen-bond donors (Lipinski definition) is 0. The Labute approximate surface area is 146 Å². The molecule has 0 amide bonds. The highest BCUT2D eigenvalue weighted by atomic mass is 16.6. The number of allylic oxidation sites excluding steroid dienone is 2. The summed E-state index contributed by atoms with van der Waals surface area (Å²) < 4.78 is 10.5. The second-order valence-electron chi connectivity index (χ2n) is 8.26. The molecule has 0 atom stereocenters. The summed E-state index contributed by atoms with van der Waals surface area (Å²) >= 11 is 0. The van der Waals surface area contributed by atoms with Crippen LogP contribution in [0.2, 0.25) is 0 Å². The van der Waals surface area contributed by atoms with E-state index in [0.717, 1.165) is 28.7 Å². The summed E-state index contributed by atoms with van der Waals surface area (Å²) in [5.74, 6) is 2.38. The summed E-state index contributed by atoms with van der Waals surface area (Å²) in [6, 6.07) is 1.90. The molecule has 0 radical (unpaired) electrons. The van der Waals surface area contributed by atoms with Crippen molar-refractivity contribution in [1.82, 2.24) is 0 Å². The third-order valence-corrected chi connectivity index (χ3v) is 6.69. The predicted molar refractivity (Wildman–Crippen MR) is 91.2 cm³/mol. The average molecular weight is 338 g/mol. The van der Waals surface area contributed by atoms with Gasteiger partial charge in [-0.25, -0.2) is 9.59 Å². The van der Waals surface area contributed by atoms with Crippen molar-refractivity contribution in [3.63, 3.8) is 0 Å². The molecule has 5 fully saturated rings. The van der Waals surface area contributed by atoms with E-state index in [1.54, 1.807) is 6.26 Å². The molecule has 25 heavy (non-hydrogen) atoms. The predicted octanol–water partition coefficient (Wildman–Crippen LogP) is 4.20. The van der Waals surface area contributed by atoms with Crippen LogP contribution in [-0.4, -0.2) is 11.9 Å². The van der Waals surface area contributed by atoms with Gasteiger partial charge in [0.05, 0.1) is 17.4 Å². The molecule has 0 spiro atoms. The first-order valence-electron chi connectivity index (χ1n) is 9.28. The highest BCUT2D eigenvalue weighted by Crippen LogP contribution is 2.58. The van der Waals surface area contributed by atoms with Gasteiger partial charge in [-0.3, -0.25) is 0 Å². The average Bonchev–Trinajstić information content (AvgIpc) is 3.10. The van der Waals surface area contributed by atoms with Crippen LogP contribution in [0.25, 0.3) is 5.57 Å². The van der Waals surface area contributed by atoms with Gasteiger partial charge in [0.15, 0.2) is 0 Å². The number of carbonyl (C=O) groups is 2. The Morgan fingerprint density at radius 1 is 1.00 bits per heavy atom. The molecular weight excluding hydrogens is 316 g/mol. The van der Waals surface area contributed by atoms with E-state index >= 15 is 0 Å². The van der Waals surface area contributed by atoms with Crippen molar-refractivity contribution >= 4 is 17.5 Å². The molecule has 1 aromatic heterocycles. The van der Waals surface area contributed by atoms with Gasteiger partial charge in [-0.2, -0.15) is 0 Å². The van der Waals surface area contributed by atoms with Crippen LogP contribution in [0.1, 0.15) is 50.4 Å². The SMILES string of the molecule is C/C(=C1\C(=O)OC(=O)C1=C1C2CC3CC(C2)CC1C3)c1coc(C)c1. The monoisotopic (exact) mass is 338 g/mol. The summed E-state index contributed by atoms with van der Waals surface area (Å²) in [5.41, 5.74) is 3.89. The largest absolute Gasteiger partial charge is 0.469 e. The maximum Gasteiger partial charge on any atom is 0.347 e. The number of hydrogen-bond acceptors (Lipinski definition) is 4. The molecule has 1 aromatic rings. The highest BCUT2D eigenvalue weighted by Gasteiger charge is 2.49. The molecule has 2 heterocycles. The molecule has 130 valence electrons. The third kappa shape index (κ3) is 2.19. The molecule has 1 aliphatic heterocycles. The van der Waals surface area contributed by atoms with Crippen molar-refractivity contribution in [2.45, 2.75) is 46.0 Å². The summed E-state index contributed by atoms with van der Waals surface area (Å²) in [7, 11) is 0. The molecule has 0 N–H and O–H groups in total. The zero-order chi connectivity index (χ0) is 17.3. The second-order valence-corrected chi connectivity index (χ2v) is 8.26. The van der Waals surface area contributed by atoms with Crippen LogP contribution in [0.15, 0.2) is 33.5 Å². The lowest BCUT2D eigenvalue weighted by molar-refractivity contribution is -0.149. The molecule has 4 aliphatic carbocycles. The van der Waals surface area contributed by atoms with Gasteiger partial charge < -0.3 is 9.15 Å². The lowest BCUT2D eigenvalue weighted by Gasteiger charge is -2.51. The maximum absolute atomic E-state index is 12.6. The fraction of sp³-hybridized carbons (Fsp3) is 0.524. The van der Waals surface area contributed by atoms with E-state index in [-0.39, 0.29) is 0 Å². The zero-order valence-corrected chi connectivity index (χ0v) is 14.6. The molecule has 4 bridgehead atoms. The number of ether oxygens (including phenoxy) is 1. The summed E-state index contributed by atoms with van der Waals surface area (Å²) in [4.78, 5) is 25.1. The summed E-state index contributed by atoms with van der Waals surface area (Å²) in [5, 5.41) is 0. The first-order chi connectivity index (χ1) is 12.0. The van der Waals surface area contributed by atoms with Crippen LogP contribution in [0, 0.1) is 30.6 Å². The minimum absolute atomic E-state index is 0.443. The van der Waals surface area contributed by atoms with E-state index in [1.165, 1.54) is 37.7 Å². The van der Waals surface area contributed by atoms with Crippen LogP contribution in [0.5, 0.6) is 0 Å². The van der Waals surface area contributed by atoms with Gasteiger partial charge in [-0.15, -0.1) is 0 Å². The van der Waals surface area contributed by atoms with Crippen LogP contribution in [0.4, 0.5) is 0 Å². The van der Waals surface area contributed by atoms with E-state index in [1.807, 2.05) is 19.9 Å². The molecular formula is C21H22O4. The van der Waals surface area contributed by atoms with Crippen LogP contribution in [-0.2, 0) is 14.3 Å². The minimum atomic E-state index is -0.502. The van der Waals surface area contributed by atoms with Crippen molar-refractivity contribution in [2.75, 3.05) is 0 Å². The number of aryl methyl sites for hydroxylation is 1. The molecule has 6 rings (SSSR count). The number of esters is 2. The zero-order valence-electron chi connectivity index (χ0n) is 14.6. The van der Waals surface area contributed by atoms with Crippen molar-refractivity contribution in [1.29, 1.82) is 0 Å². The van der Waals surface area contributed by atoms with E-state index < -0.39 is 11.9 Å². The summed E-state index contributed by atoms with van der Waals surface area (Å²) in [6.07, 6.45) is 7.69. The third-order valence-electron chi connectivity index (χ3n) is 6.69. The van der Waals surface area contributed by atoms with E-state index in [0.29, 0.717) is 23.0 Å². The van der Waals surface area contributed by atoms with E-state index in [9.17, 15) is 9.59 Å². The van der Waals surface area contributed by atoms with Crippen LogP contribution < -0.4 is 0 Å². The second kappa shape index (κ2) is 5.20. The van der Waals surface area contributed by atoms with Crippen LogP contribution >= 0.6 is 0 Å². The minimum Gasteiger partial charge on any atom is -0.469 e. The van der Waals surface area contributed by atoms with Gasteiger partial charge in [0.1, 0.15) is 5.76 Å².